The molecule has 0 saturated carbocycles. The maximum atomic E-state index is 13.0. The first-order valence-corrected chi connectivity index (χ1v) is 7.97. The van der Waals surface area contributed by atoms with Crippen LogP contribution in [0.4, 0.5) is 29.1 Å². The van der Waals surface area contributed by atoms with Crippen LogP contribution in [-0.2, 0) is 12.7 Å². The summed E-state index contributed by atoms with van der Waals surface area (Å²) in [5.74, 6) is -0.867. The van der Waals surface area contributed by atoms with E-state index in [1.54, 1.807) is 12.1 Å². The van der Waals surface area contributed by atoms with Gasteiger partial charge in [0.25, 0.3) is 5.91 Å². The quantitative estimate of drug-likeness (QED) is 0.593. The molecule has 0 aliphatic heterocycles. The van der Waals surface area contributed by atoms with Crippen molar-refractivity contribution in [1.82, 2.24) is 15.0 Å². The molecule has 0 fully saturated rings. The number of halogens is 5. The Bertz CT molecular complexity index is 965. The zero-order chi connectivity index (χ0) is 20.1. The van der Waals surface area contributed by atoms with E-state index >= 15 is 0 Å². The number of rotatable bonds is 5. The number of carbonyl (C=O) groups is 1. The molecule has 3 rings (SSSR count). The summed E-state index contributed by atoms with van der Waals surface area (Å²) < 4.78 is 50.6. The zero-order valence-electron chi connectivity index (χ0n) is 14.6. The first-order chi connectivity index (χ1) is 13.3. The molecular formula is C18H14ClF4N5O. The summed E-state index contributed by atoms with van der Waals surface area (Å²) in [6.07, 6.45) is -0.972. The molecule has 0 bridgehead atoms. The fourth-order valence-corrected chi connectivity index (χ4v) is 2.25. The second-order valence-corrected chi connectivity index (χ2v) is 5.62. The molecule has 0 aliphatic carbocycles. The monoisotopic (exact) mass is 427 g/mol. The molecule has 1 aromatic carbocycles. The summed E-state index contributed by atoms with van der Waals surface area (Å²) in [5, 5.41) is 5.35. The molecule has 0 radical (unpaired) electrons. The number of amides is 1. The summed E-state index contributed by atoms with van der Waals surface area (Å²) in [4.78, 5) is 23.7. The van der Waals surface area contributed by atoms with Gasteiger partial charge in [-0.15, -0.1) is 12.4 Å². The van der Waals surface area contributed by atoms with Crippen molar-refractivity contribution in [2.24, 2.45) is 0 Å². The summed E-state index contributed by atoms with van der Waals surface area (Å²) in [5.41, 5.74) is -0.283. The van der Waals surface area contributed by atoms with Crippen LogP contribution in [-0.4, -0.2) is 20.9 Å². The number of nitrogens with zero attached hydrogens (tertiary/aromatic N) is 3. The van der Waals surface area contributed by atoms with Gasteiger partial charge in [-0.1, -0.05) is 12.1 Å². The lowest BCUT2D eigenvalue weighted by Gasteiger charge is -2.11. The Hall–Kier alpha value is -3.27. The lowest BCUT2D eigenvalue weighted by Crippen LogP contribution is -2.18. The van der Waals surface area contributed by atoms with E-state index in [-0.39, 0.29) is 42.0 Å². The molecule has 0 unspecified atom stereocenters. The van der Waals surface area contributed by atoms with E-state index < -0.39 is 17.8 Å². The van der Waals surface area contributed by atoms with Crippen LogP contribution in [0.3, 0.4) is 0 Å². The topological polar surface area (TPSA) is 79.8 Å². The van der Waals surface area contributed by atoms with Crippen LogP contribution in [0.5, 0.6) is 0 Å². The Labute approximate surface area is 168 Å². The van der Waals surface area contributed by atoms with Gasteiger partial charge in [0.1, 0.15) is 11.5 Å². The van der Waals surface area contributed by atoms with Gasteiger partial charge in [0, 0.05) is 18.9 Å². The van der Waals surface area contributed by atoms with Gasteiger partial charge in [0.2, 0.25) is 0 Å². The number of anilines is 2. The maximum Gasteiger partial charge on any atom is 0.433 e. The van der Waals surface area contributed by atoms with Gasteiger partial charge in [-0.25, -0.2) is 19.3 Å². The van der Waals surface area contributed by atoms with Crippen molar-refractivity contribution < 1.29 is 22.4 Å². The minimum absolute atomic E-state index is 0. The Balaban J connectivity index is 0.00000300. The van der Waals surface area contributed by atoms with Gasteiger partial charge in [0.05, 0.1) is 11.9 Å². The molecule has 0 spiro atoms. The van der Waals surface area contributed by atoms with Crippen molar-refractivity contribution >= 4 is 29.8 Å². The van der Waals surface area contributed by atoms with E-state index in [0.29, 0.717) is 0 Å². The number of benzene rings is 1. The standard InChI is InChI=1S/C18H13F4N5O.ClH/c19-12-3-1-11(2-4-12)9-26-16-15(23-7-8-24-16)17(28)27-13-5-6-14(25-10-13)18(20,21)22;/h1-8,10H,9H2,(H,24,26)(H,27,28);1H. The molecule has 2 heterocycles. The predicted molar refractivity (Wildman–Crippen MR) is 100 cm³/mol. The molecule has 2 N–H and O–H groups in total. The fourth-order valence-electron chi connectivity index (χ4n) is 2.25. The van der Waals surface area contributed by atoms with Gasteiger partial charge in [-0.2, -0.15) is 13.2 Å². The van der Waals surface area contributed by atoms with E-state index in [9.17, 15) is 22.4 Å². The average Bonchev–Trinajstić information content (AvgIpc) is 2.67. The molecule has 0 aliphatic rings. The van der Waals surface area contributed by atoms with Crippen LogP contribution in [0.1, 0.15) is 21.7 Å². The second-order valence-electron chi connectivity index (χ2n) is 5.62. The molecule has 11 heteroatoms. The number of carbonyl (C=O) groups excluding carboxylic acids is 1. The van der Waals surface area contributed by atoms with Crippen molar-refractivity contribution in [2.75, 3.05) is 10.6 Å². The Kier molecular flexibility index (Phi) is 7.05. The van der Waals surface area contributed by atoms with E-state index in [4.69, 9.17) is 0 Å². The summed E-state index contributed by atoms with van der Waals surface area (Å²) >= 11 is 0. The van der Waals surface area contributed by atoms with Gasteiger partial charge < -0.3 is 10.6 Å². The van der Waals surface area contributed by atoms with Crippen LogP contribution in [0, 0.1) is 5.82 Å². The number of nitrogens with one attached hydrogen (secondary N) is 2. The molecule has 3 aromatic rings. The van der Waals surface area contributed by atoms with Crippen molar-refractivity contribution in [3.63, 3.8) is 0 Å². The molecule has 6 nitrogen and oxygen atoms in total. The van der Waals surface area contributed by atoms with Crippen LogP contribution in [0.15, 0.2) is 55.0 Å². The van der Waals surface area contributed by atoms with E-state index in [1.165, 1.54) is 24.5 Å². The highest BCUT2D eigenvalue weighted by Gasteiger charge is 2.32. The Morgan fingerprint density at radius 2 is 1.66 bits per heavy atom. The summed E-state index contributed by atoms with van der Waals surface area (Å²) in [7, 11) is 0. The highest BCUT2D eigenvalue weighted by Crippen LogP contribution is 2.27. The SMILES string of the molecule is Cl.O=C(Nc1ccc(C(F)(F)F)nc1)c1nccnc1NCc1ccc(F)cc1. The van der Waals surface area contributed by atoms with E-state index in [0.717, 1.165) is 23.9 Å². The van der Waals surface area contributed by atoms with Gasteiger partial charge in [-0.3, -0.25) is 4.79 Å². The van der Waals surface area contributed by atoms with Gasteiger partial charge >= 0.3 is 6.18 Å². The van der Waals surface area contributed by atoms with Gasteiger partial charge in [0.15, 0.2) is 11.5 Å². The lowest BCUT2D eigenvalue weighted by molar-refractivity contribution is -0.141. The third-order valence-electron chi connectivity index (χ3n) is 3.60. The highest BCUT2D eigenvalue weighted by atomic mass is 35.5. The fraction of sp³-hybridized carbons (Fsp3) is 0.111. The first-order valence-electron chi connectivity index (χ1n) is 7.97. The maximum absolute atomic E-state index is 13.0. The van der Waals surface area contributed by atoms with Gasteiger partial charge in [-0.05, 0) is 29.8 Å². The lowest BCUT2D eigenvalue weighted by atomic mass is 10.2. The molecule has 152 valence electrons. The summed E-state index contributed by atoms with van der Waals surface area (Å²) in [6, 6.07) is 7.62. The van der Waals surface area contributed by atoms with Crippen LogP contribution in [0.25, 0.3) is 0 Å². The smallest absolute Gasteiger partial charge is 0.364 e. The second kappa shape index (κ2) is 9.28. The van der Waals surface area contributed by atoms with Crippen molar-refractivity contribution in [3.05, 3.63) is 77.8 Å². The van der Waals surface area contributed by atoms with Crippen LogP contribution < -0.4 is 10.6 Å². The van der Waals surface area contributed by atoms with E-state index in [1.807, 2.05) is 0 Å². The highest BCUT2D eigenvalue weighted by molar-refractivity contribution is 6.05. The Morgan fingerprint density at radius 1 is 0.966 bits per heavy atom. The first kappa shape index (κ1) is 22.0. The average molecular weight is 428 g/mol. The van der Waals surface area contributed by atoms with Crippen molar-refractivity contribution in [3.8, 4) is 0 Å². The number of hydrogen-bond donors (Lipinski definition) is 2. The van der Waals surface area contributed by atoms with Crippen LogP contribution >= 0.6 is 12.4 Å². The summed E-state index contributed by atoms with van der Waals surface area (Å²) in [6.45, 7) is 0.265. The van der Waals surface area contributed by atoms with Crippen LogP contribution in [0.2, 0.25) is 0 Å². The van der Waals surface area contributed by atoms with E-state index in [2.05, 4.69) is 25.6 Å². The predicted octanol–water partition coefficient (Wildman–Crippen LogP) is 4.32. The normalized spacial score (nSPS) is 10.8. The molecule has 0 atom stereocenters. The molecular weight excluding hydrogens is 414 g/mol. The largest absolute Gasteiger partial charge is 0.433 e. The number of hydrogen-bond acceptors (Lipinski definition) is 5. The minimum atomic E-state index is -4.56. The molecule has 2 aromatic heterocycles. The molecule has 29 heavy (non-hydrogen) atoms. The minimum Gasteiger partial charge on any atom is -0.364 e. The number of pyridine rings is 1. The third kappa shape index (κ3) is 5.85. The zero-order valence-corrected chi connectivity index (χ0v) is 15.4. The van der Waals surface area contributed by atoms with Crippen molar-refractivity contribution in [2.45, 2.75) is 12.7 Å². The Morgan fingerprint density at radius 3 is 2.28 bits per heavy atom. The molecule has 1 amide bonds. The molecule has 0 saturated heterocycles. The van der Waals surface area contributed by atoms with Crippen molar-refractivity contribution in [1.29, 1.82) is 0 Å². The number of aromatic nitrogens is 3. The number of alkyl halides is 3. The third-order valence-corrected chi connectivity index (χ3v) is 3.60.